The van der Waals surface area contributed by atoms with Crippen LogP contribution in [0.1, 0.15) is 37.2 Å². The first kappa shape index (κ1) is 22.1. The highest BCUT2D eigenvalue weighted by molar-refractivity contribution is 6.01. The van der Waals surface area contributed by atoms with E-state index in [2.05, 4.69) is 15.5 Å². The molecule has 1 aromatic carbocycles. The topological polar surface area (TPSA) is 84.9 Å². The van der Waals surface area contributed by atoms with Crippen LogP contribution in [-0.4, -0.2) is 73.7 Å². The van der Waals surface area contributed by atoms with E-state index in [1.54, 1.807) is 4.90 Å². The monoisotopic (exact) mass is 436 g/mol. The third-order valence-electron chi connectivity index (χ3n) is 6.77. The van der Waals surface area contributed by atoms with Crippen molar-refractivity contribution in [1.82, 2.24) is 15.5 Å². The minimum atomic E-state index is -0.852. The van der Waals surface area contributed by atoms with Crippen molar-refractivity contribution in [2.24, 2.45) is 5.92 Å². The number of hydrogen-bond acceptors (Lipinski definition) is 6. The average molecular weight is 437 g/mol. The highest BCUT2D eigenvalue weighted by Gasteiger charge is 2.32. The minimum Gasteiger partial charge on any atom is -0.392 e. The van der Waals surface area contributed by atoms with Gasteiger partial charge in [0.05, 0.1) is 17.7 Å². The molecule has 31 heavy (non-hydrogen) atoms. The molecule has 0 aliphatic carbocycles. The van der Waals surface area contributed by atoms with Crippen LogP contribution in [0.15, 0.2) is 12.1 Å². The molecule has 2 amide bonds. The van der Waals surface area contributed by atoms with E-state index >= 15 is 0 Å². The fourth-order valence-electron chi connectivity index (χ4n) is 4.87. The number of nitrogens with one attached hydrogen (secondary N) is 2. The van der Waals surface area contributed by atoms with Gasteiger partial charge < -0.3 is 15.3 Å². The smallest absolute Gasteiger partial charge is 0.234 e. The number of amides is 2. The Morgan fingerprint density at radius 2 is 1.74 bits per heavy atom. The van der Waals surface area contributed by atoms with Crippen molar-refractivity contribution >= 4 is 17.5 Å². The molecule has 3 saturated heterocycles. The number of carbonyl (C=O) groups is 2. The molecule has 1 aromatic rings. The largest absolute Gasteiger partial charge is 0.392 e. The summed E-state index contributed by atoms with van der Waals surface area (Å²) in [6, 6.07) is 2.26. The number of imide groups is 1. The van der Waals surface area contributed by atoms with Crippen molar-refractivity contribution in [3.05, 3.63) is 29.3 Å². The van der Waals surface area contributed by atoms with Crippen molar-refractivity contribution in [1.29, 1.82) is 0 Å². The molecule has 4 rings (SSSR count). The van der Waals surface area contributed by atoms with Gasteiger partial charge in [0, 0.05) is 50.8 Å². The molecule has 3 aliphatic rings. The Balaban J connectivity index is 1.36. The summed E-state index contributed by atoms with van der Waals surface area (Å²) in [6.07, 6.45) is 1.88. The zero-order chi connectivity index (χ0) is 22.0. The van der Waals surface area contributed by atoms with Gasteiger partial charge in [0.1, 0.15) is 11.6 Å². The van der Waals surface area contributed by atoms with Crippen LogP contribution in [0.25, 0.3) is 0 Å². The second kappa shape index (κ2) is 9.58. The van der Waals surface area contributed by atoms with Gasteiger partial charge in [-0.15, -0.1) is 0 Å². The van der Waals surface area contributed by atoms with Gasteiger partial charge >= 0.3 is 0 Å². The number of hydrogen-bond donors (Lipinski definition) is 3. The molecule has 0 saturated carbocycles. The van der Waals surface area contributed by atoms with E-state index in [1.807, 2.05) is 0 Å². The Morgan fingerprint density at radius 3 is 2.42 bits per heavy atom. The number of halogens is 2. The van der Waals surface area contributed by atoms with E-state index in [4.69, 9.17) is 0 Å². The van der Waals surface area contributed by atoms with Crippen LogP contribution in [0.3, 0.4) is 0 Å². The molecule has 3 N–H and O–H groups in total. The normalized spacial score (nSPS) is 24.9. The van der Waals surface area contributed by atoms with Gasteiger partial charge in [-0.1, -0.05) is 0 Å². The maximum Gasteiger partial charge on any atom is 0.234 e. The fraction of sp³-hybridized carbons (Fsp3) is 0.636. The summed E-state index contributed by atoms with van der Waals surface area (Å²) in [4.78, 5) is 27.3. The Labute approximate surface area is 180 Å². The zero-order valence-corrected chi connectivity index (χ0v) is 17.6. The third-order valence-corrected chi connectivity index (χ3v) is 6.77. The number of benzene rings is 1. The van der Waals surface area contributed by atoms with Crippen LogP contribution in [-0.2, 0) is 9.59 Å². The molecule has 170 valence electrons. The summed E-state index contributed by atoms with van der Waals surface area (Å²) in [7, 11) is 0. The fourth-order valence-corrected chi connectivity index (χ4v) is 4.87. The Kier molecular flexibility index (Phi) is 6.83. The molecule has 0 spiro atoms. The highest BCUT2D eigenvalue weighted by atomic mass is 19.1. The number of piperazine rings is 1. The van der Waals surface area contributed by atoms with Gasteiger partial charge in [-0.3, -0.25) is 19.8 Å². The van der Waals surface area contributed by atoms with Crippen molar-refractivity contribution in [3.8, 4) is 0 Å². The van der Waals surface area contributed by atoms with Crippen LogP contribution in [0.2, 0.25) is 0 Å². The number of aliphatic hydroxyl groups excluding tert-OH is 1. The second-order valence-electron chi connectivity index (χ2n) is 8.77. The Hall–Kier alpha value is -2.10. The summed E-state index contributed by atoms with van der Waals surface area (Å²) < 4.78 is 29.6. The zero-order valence-electron chi connectivity index (χ0n) is 17.6. The van der Waals surface area contributed by atoms with Crippen molar-refractivity contribution in [3.63, 3.8) is 0 Å². The van der Waals surface area contributed by atoms with Gasteiger partial charge in [-0.05, 0) is 44.3 Å². The summed E-state index contributed by atoms with van der Waals surface area (Å²) in [5.74, 6) is -2.70. The lowest BCUT2D eigenvalue weighted by Gasteiger charge is -2.38. The standard InChI is InChI=1S/C22H30F2N4O3/c23-17-12-19(18(24)11-16(17)15-1-2-21(30)26-22(15)31)28-9-7-27(8-10-28)13-20(29)14-3-5-25-6-4-14/h11-12,14-15,20,25,29H,1-10,13H2,(H,26,30,31). The lowest BCUT2D eigenvalue weighted by Crippen LogP contribution is -2.50. The van der Waals surface area contributed by atoms with Crippen LogP contribution < -0.4 is 15.5 Å². The number of β-amino-alcohol motifs (C(OH)–C–C–N with tert-alkyl or cyclic N) is 1. The summed E-state index contributed by atoms with van der Waals surface area (Å²) >= 11 is 0. The number of piperidine rings is 2. The molecular formula is C22H30F2N4O3. The first-order valence-corrected chi connectivity index (χ1v) is 11.1. The van der Waals surface area contributed by atoms with Crippen molar-refractivity contribution < 1.29 is 23.5 Å². The quantitative estimate of drug-likeness (QED) is 0.597. The molecule has 2 unspecified atom stereocenters. The van der Waals surface area contributed by atoms with E-state index < -0.39 is 23.5 Å². The second-order valence-corrected chi connectivity index (χ2v) is 8.77. The van der Waals surface area contributed by atoms with Gasteiger partial charge in [-0.2, -0.15) is 0 Å². The molecule has 0 aromatic heterocycles. The Bertz CT molecular complexity index is 823. The molecule has 3 fully saturated rings. The van der Waals surface area contributed by atoms with E-state index in [0.717, 1.165) is 38.1 Å². The summed E-state index contributed by atoms with van der Waals surface area (Å²) in [5.41, 5.74) is 0.182. The van der Waals surface area contributed by atoms with Crippen LogP contribution in [0.4, 0.5) is 14.5 Å². The maximum atomic E-state index is 14.9. The van der Waals surface area contributed by atoms with Gasteiger partial charge in [-0.25, -0.2) is 8.78 Å². The predicted octanol–water partition coefficient (Wildman–Crippen LogP) is 0.968. The van der Waals surface area contributed by atoms with Crippen LogP contribution >= 0.6 is 0 Å². The summed E-state index contributed by atoms with van der Waals surface area (Å²) in [6.45, 7) is 4.88. The molecule has 0 radical (unpaired) electrons. The lowest BCUT2D eigenvalue weighted by molar-refractivity contribution is -0.134. The van der Waals surface area contributed by atoms with Crippen LogP contribution in [0, 0.1) is 17.6 Å². The van der Waals surface area contributed by atoms with Gasteiger partial charge in [0.25, 0.3) is 0 Å². The SMILES string of the molecule is O=C1CCC(c2cc(F)c(N3CCN(CC(O)C4CCNCC4)CC3)cc2F)C(=O)N1. The number of nitrogens with zero attached hydrogens (tertiary/aromatic N) is 2. The molecule has 0 bridgehead atoms. The van der Waals surface area contributed by atoms with Gasteiger partial charge in [0.15, 0.2) is 0 Å². The average Bonchev–Trinajstić information content (AvgIpc) is 2.77. The molecular weight excluding hydrogens is 406 g/mol. The van der Waals surface area contributed by atoms with E-state index in [1.165, 1.54) is 0 Å². The molecule has 2 atom stereocenters. The number of carbonyl (C=O) groups excluding carboxylic acids is 2. The maximum absolute atomic E-state index is 14.9. The van der Waals surface area contributed by atoms with E-state index in [9.17, 15) is 23.5 Å². The molecule has 3 heterocycles. The number of rotatable bonds is 5. The highest BCUT2D eigenvalue weighted by Crippen LogP contribution is 2.32. The lowest BCUT2D eigenvalue weighted by atomic mass is 9.89. The Morgan fingerprint density at radius 1 is 1.03 bits per heavy atom. The first-order valence-electron chi connectivity index (χ1n) is 11.1. The van der Waals surface area contributed by atoms with Crippen molar-refractivity contribution in [2.75, 3.05) is 50.7 Å². The predicted molar refractivity (Wildman–Crippen MR) is 112 cm³/mol. The minimum absolute atomic E-state index is 0.00465. The van der Waals surface area contributed by atoms with Crippen LogP contribution in [0.5, 0.6) is 0 Å². The number of anilines is 1. The van der Waals surface area contributed by atoms with Gasteiger partial charge in [0.2, 0.25) is 11.8 Å². The third kappa shape index (κ3) is 5.05. The molecule has 7 nitrogen and oxygen atoms in total. The first-order chi connectivity index (χ1) is 14.9. The molecule has 3 aliphatic heterocycles. The van der Waals surface area contributed by atoms with E-state index in [0.29, 0.717) is 38.6 Å². The van der Waals surface area contributed by atoms with E-state index in [-0.39, 0.29) is 36.1 Å². The molecule has 9 heteroatoms. The summed E-state index contributed by atoms with van der Waals surface area (Å²) in [5, 5.41) is 16.0. The number of aliphatic hydroxyl groups is 1. The van der Waals surface area contributed by atoms with Crippen molar-refractivity contribution in [2.45, 2.75) is 37.7 Å².